The van der Waals surface area contributed by atoms with Crippen LogP contribution in [-0.4, -0.2) is 12.3 Å². The molecule has 0 atom stereocenters. The summed E-state index contributed by atoms with van der Waals surface area (Å²) in [4.78, 5) is 5.50. The Balaban J connectivity index is 1.73. The first-order valence-electron chi connectivity index (χ1n) is 6.92. The van der Waals surface area contributed by atoms with Gasteiger partial charge >= 0.3 is 0 Å². The van der Waals surface area contributed by atoms with Crippen molar-refractivity contribution in [3.63, 3.8) is 0 Å². The second-order valence-electron chi connectivity index (χ2n) is 4.90. The maximum atomic E-state index is 10.9. The number of ether oxygens (including phenoxy) is 1. The molecule has 0 heterocycles. The van der Waals surface area contributed by atoms with Crippen molar-refractivity contribution in [3.8, 4) is 11.5 Å². The molecule has 6 nitrogen and oxygen atoms in total. The zero-order valence-electron chi connectivity index (χ0n) is 12.4. The Hall–Kier alpha value is -2.96. The lowest BCUT2D eigenvalue weighted by molar-refractivity contribution is 0.296. The molecule has 118 valence electrons. The van der Waals surface area contributed by atoms with Crippen molar-refractivity contribution in [1.82, 2.24) is 0 Å². The summed E-state index contributed by atoms with van der Waals surface area (Å²) in [6, 6.07) is 17.7. The van der Waals surface area contributed by atoms with Crippen molar-refractivity contribution in [2.75, 3.05) is 17.8 Å². The van der Waals surface area contributed by atoms with E-state index in [1.54, 1.807) is 37.4 Å². The fraction of sp³-hybridized carbons (Fsp3) is 0.0588. The van der Waals surface area contributed by atoms with Crippen LogP contribution in [-0.2, 0) is 0 Å². The summed E-state index contributed by atoms with van der Waals surface area (Å²) in [5.41, 5.74) is 3.82. The average Bonchev–Trinajstić information content (AvgIpc) is 2.59. The molecule has 0 aliphatic carbocycles. The quantitative estimate of drug-likeness (QED) is 0.695. The van der Waals surface area contributed by atoms with Gasteiger partial charge in [0.05, 0.1) is 18.5 Å². The predicted molar refractivity (Wildman–Crippen MR) is 88.8 cm³/mol. The molecule has 6 heteroatoms. The van der Waals surface area contributed by atoms with Crippen molar-refractivity contribution >= 4 is 22.1 Å². The van der Waals surface area contributed by atoms with Gasteiger partial charge in [-0.2, -0.15) is 0 Å². The van der Waals surface area contributed by atoms with E-state index in [1.165, 1.54) is 0 Å². The molecule has 0 amide bonds. The lowest BCUT2D eigenvalue weighted by Gasteiger charge is -2.21. The van der Waals surface area contributed by atoms with Gasteiger partial charge < -0.3 is 20.0 Å². The summed E-state index contributed by atoms with van der Waals surface area (Å²) in [5, 5.41) is 21.4. The van der Waals surface area contributed by atoms with Crippen LogP contribution in [0.1, 0.15) is 0 Å². The Morgan fingerprint density at radius 1 is 0.913 bits per heavy atom. The van der Waals surface area contributed by atoms with Crippen LogP contribution in [0, 0.1) is 5.21 Å². The molecular formula is C17H15N2O4-. The fourth-order valence-corrected chi connectivity index (χ4v) is 2.18. The third kappa shape index (κ3) is 3.45. The van der Waals surface area contributed by atoms with Crippen LogP contribution in [0.3, 0.4) is 0 Å². The van der Waals surface area contributed by atoms with Gasteiger partial charge in [0.1, 0.15) is 5.75 Å². The normalized spacial score (nSPS) is 10.4. The van der Waals surface area contributed by atoms with Crippen LogP contribution in [0.5, 0.6) is 11.5 Å². The molecule has 3 aromatic rings. The van der Waals surface area contributed by atoms with E-state index in [1.807, 2.05) is 30.3 Å². The second-order valence-corrected chi connectivity index (χ2v) is 4.90. The molecule has 0 aliphatic rings. The van der Waals surface area contributed by atoms with E-state index in [9.17, 15) is 5.21 Å². The van der Waals surface area contributed by atoms with Gasteiger partial charge in [0.25, 0.3) is 0 Å². The average molecular weight is 311 g/mol. The summed E-state index contributed by atoms with van der Waals surface area (Å²) in [6.45, 7) is 0. The molecule has 2 N–H and O–H groups in total. The minimum atomic E-state index is -0.154. The molecule has 23 heavy (non-hydrogen) atoms. The molecule has 0 saturated heterocycles. The third-order valence-corrected chi connectivity index (χ3v) is 3.39. The largest absolute Gasteiger partial charge is 0.733 e. The predicted octanol–water partition coefficient (Wildman–Crippen LogP) is 3.95. The van der Waals surface area contributed by atoms with Crippen LogP contribution in [0.4, 0.5) is 11.4 Å². The molecule has 3 aromatic carbocycles. The zero-order valence-corrected chi connectivity index (χ0v) is 12.4. The SMILES string of the molecule is COc1ccc(ONc2ccc3cc(N([O-])O)ccc3c2)cc1. The molecule has 0 spiro atoms. The Labute approximate surface area is 133 Å². The first-order chi connectivity index (χ1) is 11.2. The van der Waals surface area contributed by atoms with Crippen molar-refractivity contribution in [2.24, 2.45) is 0 Å². The van der Waals surface area contributed by atoms with Gasteiger partial charge in [-0.3, -0.25) is 5.21 Å². The number of nitrogens with one attached hydrogen (secondary N) is 1. The molecule has 0 saturated carbocycles. The standard InChI is InChI=1S/C17H15N2O4/c1-22-16-6-8-17(9-7-16)23-18-14-4-2-13-11-15(19(20)21)5-3-12(13)10-14/h2-11,18,20H,1H3/q-1. The Morgan fingerprint density at radius 2 is 1.57 bits per heavy atom. The van der Waals surface area contributed by atoms with Gasteiger partial charge in [-0.05, 0) is 59.3 Å². The molecule has 0 aromatic heterocycles. The van der Waals surface area contributed by atoms with E-state index in [2.05, 4.69) is 5.48 Å². The number of nitrogens with zero attached hydrogens (tertiary/aromatic N) is 1. The van der Waals surface area contributed by atoms with E-state index in [0.29, 0.717) is 5.75 Å². The van der Waals surface area contributed by atoms with E-state index in [0.717, 1.165) is 22.2 Å². The van der Waals surface area contributed by atoms with E-state index < -0.39 is 0 Å². The number of hydrogen-bond acceptors (Lipinski definition) is 6. The summed E-state index contributed by atoms with van der Waals surface area (Å²) >= 11 is 0. The van der Waals surface area contributed by atoms with Gasteiger partial charge in [-0.15, -0.1) is 0 Å². The Morgan fingerprint density at radius 3 is 2.26 bits per heavy atom. The van der Waals surface area contributed by atoms with Gasteiger partial charge in [0.2, 0.25) is 0 Å². The van der Waals surface area contributed by atoms with Crippen LogP contribution >= 0.6 is 0 Å². The van der Waals surface area contributed by atoms with E-state index >= 15 is 0 Å². The maximum Gasteiger partial charge on any atom is 0.155 e. The van der Waals surface area contributed by atoms with E-state index in [4.69, 9.17) is 14.8 Å². The molecule has 0 unspecified atom stereocenters. The van der Waals surface area contributed by atoms with Crippen LogP contribution < -0.4 is 20.3 Å². The monoisotopic (exact) mass is 311 g/mol. The van der Waals surface area contributed by atoms with Crippen LogP contribution in [0.15, 0.2) is 60.7 Å². The highest BCUT2D eigenvalue weighted by Crippen LogP contribution is 2.24. The first kappa shape index (κ1) is 15.0. The third-order valence-electron chi connectivity index (χ3n) is 3.39. The minimum absolute atomic E-state index is 0.154. The summed E-state index contributed by atoms with van der Waals surface area (Å²) in [7, 11) is 1.61. The molecular weight excluding hydrogens is 296 g/mol. The lowest BCUT2D eigenvalue weighted by atomic mass is 10.1. The van der Waals surface area contributed by atoms with E-state index in [-0.39, 0.29) is 10.9 Å². The summed E-state index contributed by atoms with van der Waals surface area (Å²) in [6.07, 6.45) is 0. The minimum Gasteiger partial charge on any atom is -0.733 e. The number of anilines is 2. The highest BCUT2D eigenvalue weighted by atomic mass is 16.8. The molecule has 3 rings (SSSR count). The number of fused-ring (bicyclic) bond motifs is 1. The number of rotatable bonds is 5. The number of methoxy groups -OCH3 is 1. The molecule has 0 fully saturated rings. The maximum absolute atomic E-state index is 10.9. The van der Waals surface area contributed by atoms with Crippen LogP contribution in [0.25, 0.3) is 10.8 Å². The van der Waals surface area contributed by atoms with Gasteiger partial charge in [-0.1, -0.05) is 12.1 Å². The Bertz CT molecular complexity index is 803. The highest BCUT2D eigenvalue weighted by Gasteiger charge is 2.01. The number of hydrogen-bond donors (Lipinski definition) is 2. The topological polar surface area (TPSA) is 77.0 Å². The van der Waals surface area contributed by atoms with Crippen molar-refractivity contribution < 1.29 is 14.8 Å². The molecule has 0 radical (unpaired) electrons. The van der Waals surface area contributed by atoms with Crippen molar-refractivity contribution in [3.05, 3.63) is 65.9 Å². The first-order valence-corrected chi connectivity index (χ1v) is 6.92. The zero-order chi connectivity index (χ0) is 16.2. The van der Waals surface area contributed by atoms with Gasteiger partial charge in [0, 0.05) is 0 Å². The van der Waals surface area contributed by atoms with Crippen LogP contribution in [0.2, 0.25) is 0 Å². The van der Waals surface area contributed by atoms with Gasteiger partial charge in [0.15, 0.2) is 5.75 Å². The fourth-order valence-electron chi connectivity index (χ4n) is 2.18. The second kappa shape index (κ2) is 6.43. The summed E-state index contributed by atoms with van der Waals surface area (Å²) in [5.74, 6) is 1.42. The smallest absolute Gasteiger partial charge is 0.155 e. The lowest BCUT2D eigenvalue weighted by Crippen LogP contribution is -2.06. The van der Waals surface area contributed by atoms with Crippen molar-refractivity contribution in [2.45, 2.75) is 0 Å². The highest BCUT2D eigenvalue weighted by molar-refractivity contribution is 5.88. The molecule has 0 bridgehead atoms. The van der Waals surface area contributed by atoms with Gasteiger partial charge in [-0.25, -0.2) is 5.48 Å². The summed E-state index contributed by atoms with van der Waals surface area (Å²) < 4.78 is 5.09. The van der Waals surface area contributed by atoms with Crippen molar-refractivity contribution in [1.29, 1.82) is 0 Å². The number of benzene rings is 3. The molecule has 0 aliphatic heterocycles. The Kier molecular flexibility index (Phi) is 4.18.